The van der Waals surface area contributed by atoms with Gasteiger partial charge in [-0.15, -0.1) is 24.0 Å². The molecule has 2 saturated carbocycles. The topological polar surface area (TPSA) is 56.7 Å². The van der Waals surface area contributed by atoms with Crippen LogP contribution in [0.5, 0.6) is 0 Å². The number of likely N-dealkylation sites (N-methyl/N-ethyl adjacent to an activating group) is 1. The fourth-order valence-corrected chi connectivity index (χ4v) is 4.25. The van der Waals surface area contributed by atoms with E-state index in [4.69, 9.17) is 0 Å². The number of guanidine groups is 1. The number of hydrogen-bond acceptors (Lipinski definition) is 2. The molecule has 0 aliphatic heterocycles. The summed E-state index contributed by atoms with van der Waals surface area (Å²) < 4.78 is 1.17. The van der Waals surface area contributed by atoms with Crippen molar-refractivity contribution >= 4 is 51.8 Å². The van der Waals surface area contributed by atoms with Crippen molar-refractivity contribution in [1.82, 2.24) is 15.5 Å². The lowest BCUT2D eigenvalue weighted by Gasteiger charge is -2.22. The van der Waals surface area contributed by atoms with Gasteiger partial charge in [-0.2, -0.15) is 0 Å². The maximum Gasteiger partial charge on any atom is 0.243 e. The van der Waals surface area contributed by atoms with E-state index in [0.29, 0.717) is 6.04 Å². The molecule has 1 amide bonds. The molecule has 27 heavy (non-hydrogen) atoms. The van der Waals surface area contributed by atoms with Gasteiger partial charge < -0.3 is 15.5 Å². The molecule has 0 spiro atoms. The monoisotopic (exact) mass is 548 g/mol. The van der Waals surface area contributed by atoms with E-state index in [9.17, 15) is 4.79 Å². The van der Waals surface area contributed by atoms with Crippen molar-refractivity contribution in [3.05, 3.63) is 34.3 Å². The number of rotatable bonds is 6. The fraction of sp³-hybridized carbons (Fsp3) is 0.600. The number of carbonyl (C=O) groups is 1. The van der Waals surface area contributed by atoms with Crippen molar-refractivity contribution in [1.29, 1.82) is 0 Å². The third-order valence-electron chi connectivity index (χ3n) is 5.46. The highest BCUT2D eigenvalue weighted by atomic mass is 127. The Balaban J connectivity index is 0.00000261. The molecule has 3 rings (SSSR count). The Kier molecular flexibility index (Phi) is 8.39. The van der Waals surface area contributed by atoms with Crippen molar-refractivity contribution in [2.24, 2.45) is 4.99 Å². The van der Waals surface area contributed by atoms with Crippen molar-refractivity contribution in [2.75, 3.05) is 27.2 Å². The molecule has 0 radical (unpaired) electrons. The summed E-state index contributed by atoms with van der Waals surface area (Å²) in [5, 5.41) is 7.05. The largest absolute Gasteiger partial charge is 0.355 e. The van der Waals surface area contributed by atoms with Crippen LogP contribution in [0.1, 0.15) is 44.1 Å². The van der Waals surface area contributed by atoms with Crippen molar-refractivity contribution in [2.45, 2.75) is 50.0 Å². The van der Waals surface area contributed by atoms with E-state index < -0.39 is 0 Å². The lowest BCUT2D eigenvalue weighted by molar-refractivity contribution is -0.127. The standard InChI is InChI=1S/C20H29BrN4O.HI/c1-25(2)18(26)13-22-19(24-15-7-3-4-8-15)23-14-20(11-12-20)16-9-5-6-10-17(16)21;/h5-6,9-10,15H,3-4,7-8,11-14H2,1-2H3,(H2,22,23,24);1H. The van der Waals surface area contributed by atoms with Gasteiger partial charge in [0.25, 0.3) is 0 Å². The highest BCUT2D eigenvalue weighted by molar-refractivity contribution is 14.0. The fourth-order valence-electron chi connectivity index (χ4n) is 3.54. The van der Waals surface area contributed by atoms with Gasteiger partial charge in [0.05, 0.1) is 0 Å². The van der Waals surface area contributed by atoms with Crippen LogP contribution < -0.4 is 10.6 Å². The van der Waals surface area contributed by atoms with E-state index in [1.807, 2.05) is 0 Å². The van der Waals surface area contributed by atoms with E-state index in [0.717, 1.165) is 12.5 Å². The number of aliphatic imine (C=N–C) groups is 1. The number of nitrogens with one attached hydrogen (secondary N) is 2. The first-order valence-corrected chi connectivity index (χ1v) is 10.3. The van der Waals surface area contributed by atoms with E-state index in [1.54, 1.807) is 19.0 Å². The van der Waals surface area contributed by atoms with Crippen LogP contribution in [-0.4, -0.2) is 50.0 Å². The number of carbonyl (C=O) groups excluding carboxylic acids is 1. The maximum atomic E-state index is 11.9. The third kappa shape index (κ3) is 6.07. The van der Waals surface area contributed by atoms with E-state index >= 15 is 0 Å². The van der Waals surface area contributed by atoms with Gasteiger partial charge in [0.2, 0.25) is 5.91 Å². The molecule has 1 aromatic carbocycles. The SMILES string of the molecule is CN(C)C(=O)CN=C(NCC1(c2ccccc2Br)CC1)NC1CCCC1.I. The first-order chi connectivity index (χ1) is 12.5. The van der Waals surface area contributed by atoms with Gasteiger partial charge >= 0.3 is 0 Å². The number of nitrogens with zero attached hydrogens (tertiary/aromatic N) is 2. The molecule has 2 N–H and O–H groups in total. The maximum absolute atomic E-state index is 11.9. The molecule has 0 heterocycles. The Hall–Kier alpha value is -0.830. The summed E-state index contributed by atoms with van der Waals surface area (Å²) in [6.07, 6.45) is 7.24. The molecule has 0 aromatic heterocycles. The molecular weight excluding hydrogens is 519 g/mol. The van der Waals surface area contributed by atoms with Crippen molar-refractivity contribution in [3.63, 3.8) is 0 Å². The van der Waals surface area contributed by atoms with Crippen LogP contribution in [0.2, 0.25) is 0 Å². The minimum atomic E-state index is 0. The Bertz CT molecular complexity index is 670. The molecule has 2 aliphatic carbocycles. The zero-order valence-corrected chi connectivity index (χ0v) is 20.0. The summed E-state index contributed by atoms with van der Waals surface area (Å²) in [5.41, 5.74) is 1.53. The van der Waals surface area contributed by atoms with E-state index in [1.165, 1.54) is 48.6 Å². The van der Waals surface area contributed by atoms with Crippen LogP contribution in [0.4, 0.5) is 0 Å². The Labute approximate surface area is 187 Å². The number of benzene rings is 1. The molecule has 0 unspecified atom stereocenters. The molecular formula is C20H30BrIN4O. The normalized spacial score (nSPS) is 18.6. The van der Waals surface area contributed by atoms with Gasteiger partial charge in [-0.25, -0.2) is 4.99 Å². The Morgan fingerprint density at radius 1 is 1.26 bits per heavy atom. The lowest BCUT2D eigenvalue weighted by atomic mass is 9.96. The molecule has 2 fully saturated rings. The summed E-state index contributed by atoms with van der Waals surface area (Å²) in [5.74, 6) is 0.787. The first-order valence-electron chi connectivity index (χ1n) is 9.50. The Morgan fingerprint density at radius 3 is 2.52 bits per heavy atom. The minimum Gasteiger partial charge on any atom is -0.355 e. The molecule has 150 valence electrons. The van der Waals surface area contributed by atoms with Crippen LogP contribution >= 0.6 is 39.9 Å². The zero-order chi connectivity index (χ0) is 18.6. The zero-order valence-electron chi connectivity index (χ0n) is 16.1. The van der Waals surface area contributed by atoms with Gasteiger partial charge in [-0.1, -0.05) is 47.0 Å². The van der Waals surface area contributed by atoms with Crippen molar-refractivity contribution < 1.29 is 4.79 Å². The second-order valence-corrected chi connectivity index (χ2v) is 8.55. The Morgan fingerprint density at radius 2 is 1.93 bits per heavy atom. The summed E-state index contributed by atoms with van der Waals surface area (Å²) >= 11 is 3.69. The van der Waals surface area contributed by atoms with E-state index in [-0.39, 0.29) is 41.8 Å². The van der Waals surface area contributed by atoms with Crippen molar-refractivity contribution in [3.8, 4) is 0 Å². The summed E-state index contributed by atoms with van der Waals surface area (Å²) in [6.45, 7) is 1.02. The minimum absolute atomic E-state index is 0. The van der Waals surface area contributed by atoms with Gasteiger partial charge in [0, 0.05) is 36.6 Å². The second kappa shape index (κ2) is 10.1. The van der Waals surface area contributed by atoms with Crippen LogP contribution in [0.15, 0.2) is 33.7 Å². The molecule has 7 heteroatoms. The van der Waals surface area contributed by atoms with Crippen LogP contribution in [0.3, 0.4) is 0 Å². The molecule has 0 saturated heterocycles. The smallest absolute Gasteiger partial charge is 0.243 e. The first kappa shape index (κ1) is 22.5. The van der Waals surface area contributed by atoms with Gasteiger partial charge in [-0.3, -0.25) is 4.79 Å². The molecule has 2 aliphatic rings. The molecule has 0 atom stereocenters. The number of hydrogen-bond donors (Lipinski definition) is 2. The lowest BCUT2D eigenvalue weighted by Crippen LogP contribution is -2.45. The van der Waals surface area contributed by atoms with Crippen LogP contribution in [0, 0.1) is 0 Å². The van der Waals surface area contributed by atoms with Gasteiger partial charge in [-0.05, 0) is 37.3 Å². The summed E-state index contributed by atoms with van der Waals surface area (Å²) in [7, 11) is 3.53. The average Bonchev–Trinajstić information content (AvgIpc) is 3.23. The predicted molar refractivity (Wildman–Crippen MR) is 125 cm³/mol. The quantitative estimate of drug-likeness (QED) is 0.324. The van der Waals surface area contributed by atoms with Crippen LogP contribution in [0.25, 0.3) is 0 Å². The molecule has 0 bridgehead atoms. The molecule has 1 aromatic rings. The highest BCUT2D eigenvalue weighted by Gasteiger charge is 2.45. The number of halogens is 2. The van der Waals surface area contributed by atoms with Gasteiger partial charge in [0.15, 0.2) is 5.96 Å². The molecule has 5 nitrogen and oxygen atoms in total. The second-order valence-electron chi connectivity index (χ2n) is 7.69. The number of amides is 1. The third-order valence-corrected chi connectivity index (χ3v) is 6.15. The van der Waals surface area contributed by atoms with Gasteiger partial charge in [0.1, 0.15) is 6.54 Å². The van der Waals surface area contributed by atoms with E-state index in [2.05, 4.69) is 55.8 Å². The van der Waals surface area contributed by atoms with Crippen LogP contribution in [-0.2, 0) is 10.2 Å². The predicted octanol–water partition coefficient (Wildman–Crippen LogP) is 3.66. The summed E-state index contributed by atoms with van der Waals surface area (Å²) in [6, 6.07) is 8.93. The average molecular weight is 549 g/mol. The summed E-state index contributed by atoms with van der Waals surface area (Å²) in [4.78, 5) is 18.1. The highest BCUT2D eigenvalue weighted by Crippen LogP contribution is 2.49.